The lowest BCUT2D eigenvalue weighted by atomic mass is 10.3. The van der Waals surface area contributed by atoms with Gasteiger partial charge in [-0.15, -0.1) is 11.3 Å². The summed E-state index contributed by atoms with van der Waals surface area (Å²) in [6.07, 6.45) is 1.28. The van der Waals surface area contributed by atoms with Crippen LogP contribution in [0.5, 0.6) is 5.75 Å². The van der Waals surface area contributed by atoms with Crippen LogP contribution < -0.4 is 10.5 Å². The van der Waals surface area contributed by atoms with E-state index < -0.39 is 0 Å². The van der Waals surface area contributed by atoms with E-state index in [-0.39, 0.29) is 5.91 Å². The number of nitrogen functional groups attached to an aromatic ring is 1. The van der Waals surface area contributed by atoms with Crippen LogP contribution in [-0.4, -0.2) is 31.0 Å². The molecule has 1 aromatic heterocycles. The van der Waals surface area contributed by atoms with Crippen molar-refractivity contribution in [3.05, 3.63) is 46.7 Å². The summed E-state index contributed by atoms with van der Waals surface area (Å²) >= 11 is 1.72. The number of anilines is 1. The highest BCUT2D eigenvalue weighted by atomic mass is 32.1. The molecule has 112 valence electrons. The summed E-state index contributed by atoms with van der Waals surface area (Å²) in [5, 5.41) is 2.05. The summed E-state index contributed by atoms with van der Waals surface area (Å²) < 4.78 is 5.53. The van der Waals surface area contributed by atoms with Gasteiger partial charge in [0.15, 0.2) is 0 Å². The van der Waals surface area contributed by atoms with E-state index in [0.29, 0.717) is 18.7 Å². The van der Waals surface area contributed by atoms with Crippen LogP contribution in [0.15, 0.2) is 41.8 Å². The fourth-order valence-corrected chi connectivity index (χ4v) is 2.57. The van der Waals surface area contributed by atoms with Crippen molar-refractivity contribution in [3.8, 4) is 5.75 Å². The lowest BCUT2D eigenvalue weighted by molar-refractivity contribution is -0.130. The van der Waals surface area contributed by atoms with Crippen molar-refractivity contribution in [2.75, 3.05) is 25.9 Å². The summed E-state index contributed by atoms with van der Waals surface area (Å²) in [4.78, 5) is 15.0. The third-order valence-corrected chi connectivity index (χ3v) is 4.10. The van der Waals surface area contributed by atoms with Crippen molar-refractivity contribution in [1.29, 1.82) is 0 Å². The van der Waals surface area contributed by atoms with Gasteiger partial charge in [0.1, 0.15) is 5.75 Å². The Labute approximate surface area is 129 Å². The van der Waals surface area contributed by atoms with Crippen molar-refractivity contribution in [3.63, 3.8) is 0 Å². The monoisotopic (exact) mass is 304 g/mol. The van der Waals surface area contributed by atoms with E-state index in [1.807, 2.05) is 13.1 Å². The molecule has 0 radical (unpaired) electrons. The Balaban J connectivity index is 1.67. The maximum absolute atomic E-state index is 12.0. The first-order valence-corrected chi connectivity index (χ1v) is 7.78. The third kappa shape index (κ3) is 5.11. The lowest BCUT2D eigenvalue weighted by Crippen LogP contribution is -2.29. The number of likely N-dealkylation sites (N-methyl/N-ethyl adjacent to an activating group) is 1. The van der Waals surface area contributed by atoms with E-state index >= 15 is 0 Å². The molecule has 0 saturated heterocycles. The SMILES string of the molecule is CN(CCc1cccs1)C(=O)CCOc1ccc(N)cc1. The number of benzene rings is 1. The van der Waals surface area contributed by atoms with E-state index in [1.165, 1.54) is 4.88 Å². The quantitative estimate of drug-likeness (QED) is 0.800. The topological polar surface area (TPSA) is 55.6 Å². The molecular weight excluding hydrogens is 284 g/mol. The van der Waals surface area contributed by atoms with Gasteiger partial charge in [-0.2, -0.15) is 0 Å². The molecule has 0 spiro atoms. The first-order valence-electron chi connectivity index (χ1n) is 6.90. The van der Waals surface area contributed by atoms with Gasteiger partial charge in [-0.05, 0) is 42.1 Å². The zero-order valence-corrected chi connectivity index (χ0v) is 12.9. The Morgan fingerprint density at radius 3 is 2.71 bits per heavy atom. The van der Waals surface area contributed by atoms with E-state index in [4.69, 9.17) is 10.5 Å². The average Bonchev–Trinajstić information content (AvgIpc) is 3.00. The van der Waals surface area contributed by atoms with Crippen molar-refractivity contribution in [2.24, 2.45) is 0 Å². The summed E-state index contributed by atoms with van der Waals surface area (Å²) in [5.41, 5.74) is 6.30. The minimum atomic E-state index is 0.0991. The number of nitrogens with zero attached hydrogens (tertiary/aromatic N) is 1. The summed E-state index contributed by atoms with van der Waals surface area (Å²) in [6, 6.07) is 11.3. The predicted octanol–water partition coefficient (Wildman–Crippen LogP) is 2.80. The molecule has 1 aromatic carbocycles. The summed E-state index contributed by atoms with van der Waals surface area (Å²) in [6.45, 7) is 1.12. The van der Waals surface area contributed by atoms with Crippen LogP contribution in [-0.2, 0) is 11.2 Å². The second kappa shape index (κ2) is 7.69. The number of carbonyl (C=O) groups is 1. The first-order chi connectivity index (χ1) is 10.1. The normalized spacial score (nSPS) is 10.3. The highest BCUT2D eigenvalue weighted by molar-refractivity contribution is 7.09. The van der Waals surface area contributed by atoms with Gasteiger partial charge in [0.05, 0.1) is 13.0 Å². The molecule has 21 heavy (non-hydrogen) atoms. The molecule has 0 aliphatic carbocycles. The van der Waals surface area contributed by atoms with Gasteiger partial charge in [-0.25, -0.2) is 0 Å². The molecule has 2 rings (SSSR count). The molecule has 0 fully saturated rings. The standard InChI is InChI=1S/C16H20N2O2S/c1-18(10-8-15-3-2-12-21-15)16(19)9-11-20-14-6-4-13(17)5-7-14/h2-7,12H,8-11,17H2,1H3. The van der Waals surface area contributed by atoms with Crippen LogP contribution in [0.25, 0.3) is 0 Å². The Hall–Kier alpha value is -2.01. The smallest absolute Gasteiger partial charge is 0.225 e. The zero-order chi connectivity index (χ0) is 15.1. The number of hydrogen-bond donors (Lipinski definition) is 1. The average molecular weight is 304 g/mol. The van der Waals surface area contributed by atoms with Gasteiger partial charge in [0.25, 0.3) is 0 Å². The van der Waals surface area contributed by atoms with Crippen LogP contribution in [0.3, 0.4) is 0 Å². The Morgan fingerprint density at radius 2 is 2.05 bits per heavy atom. The van der Waals surface area contributed by atoms with E-state index in [9.17, 15) is 4.79 Å². The van der Waals surface area contributed by atoms with Gasteiger partial charge in [0, 0.05) is 24.2 Å². The number of nitrogens with two attached hydrogens (primary N) is 1. The molecule has 0 aliphatic heterocycles. The number of thiophene rings is 1. The van der Waals surface area contributed by atoms with Gasteiger partial charge >= 0.3 is 0 Å². The van der Waals surface area contributed by atoms with Crippen molar-refractivity contribution in [2.45, 2.75) is 12.8 Å². The highest BCUT2D eigenvalue weighted by Crippen LogP contribution is 2.13. The fourth-order valence-electron chi connectivity index (χ4n) is 1.87. The maximum Gasteiger partial charge on any atom is 0.225 e. The molecule has 0 aliphatic rings. The molecule has 0 bridgehead atoms. The van der Waals surface area contributed by atoms with Crippen molar-refractivity contribution in [1.82, 2.24) is 4.90 Å². The molecule has 1 amide bonds. The lowest BCUT2D eigenvalue weighted by Gasteiger charge is -2.16. The number of amides is 1. The van der Waals surface area contributed by atoms with Crippen molar-refractivity contribution < 1.29 is 9.53 Å². The Bertz CT molecular complexity index is 552. The molecule has 0 atom stereocenters. The van der Waals surface area contributed by atoms with Crippen LogP contribution in [0.2, 0.25) is 0 Å². The highest BCUT2D eigenvalue weighted by Gasteiger charge is 2.09. The minimum Gasteiger partial charge on any atom is -0.493 e. The van der Waals surface area contributed by atoms with Gasteiger partial charge in [-0.1, -0.05) is 6.07 Å². The molecular formula is C16H20N2O2S. The predicted molar refractivity (Wildman–Crippen MR) is 86.6 cm³/mol. The van der Waals surface area contributed by atoms with Gasteiger partial charge in [-0.3, -0.25) is 4.79 Å². The summed E-state index contributed by atoms with van der Waals surface area (Å²) in [7, 11) is 1.83. The molecule has 2 aromatic rings. The zero-order valence-electron chi connectivity index (χ0n) is 12.1. The minimum absolute atomic E-state index is 0.0991. The summed E-state index contributed by atoms with van der Waals surface area (Å²) in [5.74, 6) is 0.834. The number of rotatable bonds is 7. The van der Waals surface area contributed by atoms with Crippen LogP contribution >= 0.6 is 11.3 Å². The number of ether oxygens (including phenoxy) is 1. The van der Waals surface area contributed by atoms with E-state index in [1.54, 1.807) is 40.5 Å². The second-order valence-corrected chi connectivity index (χ2v) is 5.84. The molecule has 5 heteroatoms. The van der Waals surface area contributed by atoms with Gasteiger partial charge < -0.3 is 15.4 Å². The van der Waals surface area contributed by atoms with E-state index in [2.05, 4.69) is 11.4 Å². The third-order valence-electron chi connectivity index (χ3n) is 3.16. The molecule has 2 N–H and O–H groups in total. The molecule has 1 heterocycles. The molecule has 0 unspecified atom stereocenters. The van der Waals surface area contributed by atoms with Crippen molar-refractivity contribution >= 4 is 22.9 Å². The molecule has 0 saturated carbocycles. The van der Waals surface area contributed by atoms with Crippen LogP contribution in [0.4, 0.5) is 5.69 Å². The fraction of sp³-hybridized carbons (Fsp3) is 0.312. The molecule has 4 nitrogen and oxygen atoms in total. The van der Waals surface area contributed by atoms with E-state index in [0.717, 1.165) is 18.7 Å². The van der Waals surface area contributed by atoms with Crippen LogP contribution in [0, 0.1) is 0 Å². The maximum atomic E-state index is 12.0. The Kier molecular flexibility index (Phi) is 5.63. The largest absolute Gasteiger partial charge is 0.493 e. The number of hydrogen-bond acceptors (Lipinski definition) is 4. The number of carbonyl (C=O) groups excluding carboxylic acids is 1. The van der Waals surface area contributed by atoms with Gasteiger partial charge in [0.2, 0.25) is 5.91 Å². The second-order valence-electron chi connectivity index (χ2n) is 4.81. The van der Waals surface area contributed by atoms with Crippen LogP contribution in [0.1, 0.15) is 11.3 Å². The Morgan fingerprint density at radius 1 is 1.29 bits per heavy atom. The first kappa shape index (κ1) is 15.4.